The Bertz CT molecular complexity index is 96.5. The van der Waals surface area contributed by atoms with Crippen LogP contribution in [0, 0.1) is 5.92 Å². The van der Waals surface area contributed by atoms with E-state index in [0.717, 1.165) is 12.3 Å². The zero-order valence-electron chi connectivity index (χ0n) is 6.31. The molecule has 0 radical (unpaired) electrons. The van der Waals surface area contributed by atoms with Gasteiger partial charge < -0.3 is 5.43 Å². The summed E-state index contributed by atoms with van der Waals surface area (Å²) in [6, 6.07) is 0. The van der Waals surface area contributed by atoms with Crippen molar-refractivity contribution in [3.05, 3.63) is 0 Å². The Balaban J connectivity index is 3.58. The molecular formula is C6H15N3. The second-order valence-corrected chi connectivity index (χ2v) is 2.41. The summed E-state index contributed by atoms with van der Waals surface area (Å²) < 4.78 is 0. The summed E-state index contributed by atoms with van der Waals surface area (Å²) in [5.74, 6) is 6.63. The Morgan fingerprint density at radius 3 is 2.33 bits per heavy atom. The second-order valence-electron chi connectivity index (χ2n) is 2.41. The van der Waals surface area contributed by atoms with Gasteiger partial charge in [-0.3, -0.25) is 4.99 Å². The lowest BCUT2D eigenvalue weighted by molar-refractivity contribution is 0.669. The molecule has 0 saturated carbocycles. The quantitative estimate of drug-likeness (QED) is 0.247. The van der Waals surface area contributed by atoms with Crippen molar-refractivity contribution < 1.29 is 0 Å². The molecule has 0 aromatic heterocycles. The van der Waals surface area contributed by atoms with Gasteiger partial charge in [0, 0.05) is 13.5 Å². The first-order valence-corrected chi connectivity index (χ1v) is 3.13. The van der Waals surface area contributed by atoms with Gasteiger partial charge in [0.25, 0.3) is 0 Å². The molecule has 3 N–H and O–H groups in total. The first kappa shape index (κ1) is 8.43. The van der Waals surface area contributed by atoms with Gasteiger partial charge in [-0.15, -0.1) is 0 Å². The van der Waals surface area contributed by atoms with Gasteiger partial charge in [0.2, 0.25) is 0 Å². The van der Waals surface area contributed by atoms with Crippen LogP contribution in [0.3, 0.4) is 0 Å². The van der Waals surface area contributed by atoms with Crippen LogP contribution in [0.25, 0.3) is 0 Å². The second kappa shape index (κ2) is 4.32. The van der Waals surface area contributed by atoms with E-state index in [9.17, 15) is 0 Å². The van der Waals surface area contributed by atoms with Crippen molar-refractivity contribution in [3.8, 4) is 0 Å². The number of aliphatic imine (C=N–C) groups is 1. The maximum atomic E-state index is 5.15. The summed E-state index contributed by atoms with van der Waals surface area (Å²) in [5.41, 5.74) is 2.53. The third kappa shape index (κ3) is 3.97. The van der Waals surface area contributed by atoms with Crippen LogP contribution in [-0.4, -0.2) is 12.9 Å². The van der Waals surface area contributed by atoms with Crippen molar-refractivity contribution in [3.63, 3.8) is 0 Å². The molecule has 0 aromatic carbocycles. The molecule has 9 heavy (non-hydrogen) atoms. The monoisotopic (exact) mass is 129 g/mol. The smallest absolute Gasteiger partial charge is 0.110 e. The standard InChI is InChI=1S/C6H15N3/c1-5(2)4-6(8-3)9-7/h5H,4,7H2,1-3H3,(H,8,9). The Labute approximate surface area is 56.3 Å². The van der Waals surface area contributed by atoms with Crippen molar-refractivity contribution in [2.24, 2.45) is 16.8 Å². The SMILES string of the molecule is CN=C(CC(C)C)NN. The van der Waals surface area contributed by atoms with E-state index >= 15 is 0 Å². The lowest BCUT2D eigenvalue weighted by atomic mass is 10.1. The fraction of sp³-hybridized carbons (Fsp3) is 0.833. The van der Waals surface area contributed by atoms with E-state index in [0.29, 0.717) is 5.92 Å². The number of hydrogen-bond donors (Lipinski definition) is 2. The van der Waals surface area contributed by atoms with Crippen LogP contribution < -0.4 is 11.3 Å². The Hall–Kier alpha value is -0.570. The average molecular weight is 129 g/mol. The third-order valence-electron chi connectivity index (χ3n) is 1.04. The molecule has 0 fully saturated rings. The van der Waals surface area contributed by atoms with Crippen LogP contribution in [0.4, 0.5) is 0 Å². The van der Waals surface area contributed by atoms with Crippen LogP contribution >= 0.6 is 0 Å². The summed E-state index contributed by atoms with van der Waals surface area (Å²) in [5, 5.41) is 0. The third-order valence-corrected chi connectivity index (χ3v) is 1.04. The minimum Gasteiger partial charge on any atom is -0.312 e. The normalized spacial score (nSPS) is 12.3. The fourth-order valence-electron chi connectivity index (χ4n) is 0.601. The number of nitrogens with one attached hydrogen (secondary N) is 1. The predicted octanol–water partition coefficient (Wildman–Crippen LogP) is 0.524. The Kier molecular flexibility index (Phi) is 4.05. The molecule has 3 heteroatoms. The first-order valence-electron chi connectivity index (χ1n) is 3.13. The maximum absolute atomic E-state index is 5.15. The van der Waals surface area contributed by atoms with Gasteiger partial charge in [-0.1, -0.05) is 13.8 Å². The molecular weight excluding hydrogens is 114 g/mol. The highest BCUT2D eigenvalue weighted by Gasteiger charge is 1.97. The van der Waals surface area contributed by atoms with Crippen molar-refractivity contribution in [2.45, 2.75) is 20.3 Å². The number of rotatable bonds is 2. The summed E-state index contributed by atoms with van der Waals surface area (Å²) >= 11 is 0. The van der Waals surface area contributed by atoms with E-state index in [1.807, 2.05) is 0 Å². The molecule has 0 atom stereocenters. The van der Waals surface area contributed by atoms with E-state index in [2.05, 4.69) is 24.3 Å². The molecule has 0 unspecified atom stereocenters. The van der Waals surface area contributed by atoms with E-state index in [-0.39, 0.29) is 0 Å². The van der Waals surface area contributed by atoms with Crippen LogP contribution in [0.15, 0.2) is 4.99 Å². The molecule has 0 spiro atoms. The zero-order valence-corrected chi connectivity index (χ0v) is 6.31. The summed E-state index contributed by atoms with van der Waals surface area (Å²) in [7, 11) is 1.73. The fourth-order valence-corrected chi connectivity index (χ4v) is 0.601. The van der Waals surface area contributed by atoms with E-state index < -0.39 is 0 Å². The molecule has 0 aliphatic carbocycles. The lowest BCUT2D eigenvalue weighted by Crippen LogP contribution is -2.31. The van der Waals surface area contributed by atoms with Crippen molar-refractivity contribution in [1.29, 1.82) is 0 Å². The first-order chi connectivity index (χ1) is 4.20. The molecule has 0 aliphatic rings. The predicted molar refractivity (Wildman–Crippen MR) is 40.1 cm³/mol. The minimum atomic E-state index is 0.611. The van der Waals surface area contributed by atoms with Crippen LogP contribution in [-0.2, 0) is 0 Å². The molecule has 0 aromatic rings. The van der Waals surface area contributed by atoms with Gasteiger partial charge in [-0.25, -0.2) is 5.84 Å². The van der Waals surface area contributed by atoms with Gasteiger partial charge in [-0.05, 0) is 5.92 Å². The van der Waals surface area contributed by atoms with Crippen LogP contribution in [0.1, 0.15) is 20.3 Å². The van der Waals surface area contributed by atoms with E-state index in [1.165, 1.54) is 0 Å². The van der Waals surface area contributed by atoms with E-state index in [4.69, 9.17) is 5.84 Å². The largest absolute Gasteiger partial charge is 0.312 e. The average Bonchev–Trinajstić information content (AvgIpc) is 1.82. The minimum absolute atomic E-state index is 0.611. The molecule has 0 bridgehead atoms. The molecule has 3 nitrogen and oxygen atoms in total. The highest BCUT2D eigenvalue weighted by Crippen LogP contribution is 1.98. The number of amidine groups is 1. The van der Waals surface area contributed by atoms with E-state index in [1.54, 1.807) is 7.05 Å². The lowest BCUT2D eigenvalue weighted by Gasteiger charge is -2.05. The van der Waals surface area contributed by atoms with Gasteiger partial charge in [0.05, 0.1) is 0 Å². The van der Waals surface area contributed by atoms with Gasteiger partial charge in [0.15, 0.2) is 0 Å². The summed E-state index contributed by atoms with van der Waals surface area (Å²) in [6.45, 7) is 4.26. The molecule has 0 amide bonds. The maximum Gasteiger partial charge on any atom is 0.110 e. The Morgan fingerprint density at radius 2 is 2.22 bits per heavy atom. The molecule has 0 saturated heterocycles. The summed E-state index contributed by atoms with van der Waals surface area (Å²) in [6.07, 6.45) is 0.924. The van der Waals surface area contributed by atoms with Crippen molar-refractivity contribution in [1.82, 2.24) is 5.43 Å². The van der Waals surface area contributed by atoms with Crippen LogP contribution in [0.5, 0.6) is 0 Å². The highest BCUT2D eigenvalue weighted by molar-refractivity contribution is 5.81. The van der Waals surface area contributed by atoms with Gasteiger partial charge in [-0.2, -0.15) is 0 Å². The summed E-state index contributed by atoms with van der Waals surface area (Å²) in [4.78, 5) is 3.93. The molecule has 0 aliphatic heterocycles. The molecule has 0 heterocycles. The Morgan fingerprint density at radius 1 is 1.67 bits per heavy atom. The molecule has 54 valence electrons. The zero-order chi connectivity index (χ0) is 7.28. The number of hydrazine groups is 1. The highest BCUT2D eigenvalue weighted by atomic mass is 15.2. The van der Waals surface area contributed by atoms with Crippen LogP contribution in [0.2, 0.25) is 0 Å². The van der Waals surface area contributed by atoms with Crippen molar-refractivity contribution >= 4 is 5.84 Å². The number of nitrogens with two attached hydrogens (primary N) is 1. The van der Waals surface area contributed by atoms with Gasteiger partial charge in [0.1, 0.15) is 5.84 Å². The van der Waals surface area contributed by atoms with Crippen molar-refractivity contribution in [2.75, 3.05) is 7.05 Å². The van der Waals surface area contributed by atoms with Gasteiger partial charge >= 0.3 is 0 Å². The molecule has 0 rings (SSSR count). The number of hydrogen-bond acceptors (Lipinski definition) is 2. The number of nitrogens with zero attached hydrogens (tertiary/aromatic N) is 1. The topological polar surface area (TPSA) is 50.4 Å².